The molecule has 0 atom stereocenters. The summed E-state index contributed by atoms with van der Waals surface area (Å²) in [6, 6.07) is 9.82. The lowest BCUT2D eigenvalue weighted by molar-refractivity contribution is 0.0786. The monoisotopic (exact) mass is 311 g/mol. The maximum atomic E-state index is 12.6. The molecule has 1 aliphatic heterocycles. The van der Waals surface area contributed by atoms with Crippen LogP contribution in [0.2, 0.25) is 0 Å². The van der Waals surface area contributed by atoms with E-state index in [1.165, 1.54) is 12.8 Å². The summed E-state index contributed by atoms with van der Waals surface area (Å²) in [6.45, 7) is 1.70. The molecule has 2 heterocycles. The Hall–Kier alpha value is -2.30. The number of benzene rings is 1. The molecule has 2 fully saturated rings. The highest BCUT2D eigenvalue weighted by molar-refractivity contribution is 5.92. The maximum absolute atomic E-state index is 12.6. The number of likely N-dealkylation sites (tertiary alicyclic amines) is 1. The summed E-state index contributed by atoms with van der Waals surface area (Å²) in [5.41, 5.74) is 2.66. The Morgan fingerprint density at radius 3 is 2.70 bits per heavy atom. The van der Waals surface area contributed by atoms with Gasteiger partial charge in [0.15, 0.2) is 5.69 Å². The van der Waals surface area contributed by atoms with E-state index in [-0.39, 0.29) is 5.91 Å². The smallest absolute Gasteiger partial charge is 0.274 e. The van der Waals surface area contributed by atoms with Crippen LogP contribution in [0.3, 0.4) is 0 Å². The molecule has 1 aromatic carbocycles. The molecule has 1 aromatic heterocycles. The summed E-state index contributed by atoms with van der Waals surface area (Å²) in [4.78, 5) is 14.5. The number of amides is 1. The Balaban J connectivity index is 1.71. The van der Waals surface area contributed by atoms with Crippen molar-refractivity contribution < 1.29 is 9.53 Å². The fraction of sp³-hybridized carbons (Fsp3) is 0.444. The summed E-state index contributed by atoms with van der Waals surface area (Å²) in [5.74, 6) is 1.38. The van der Waals surface area contributed by atoms with Gasteiger partial charge in [-0.1, -0.05) is 6.07 Å². The third-order valence-electron chi connectivity index (χ3n) is 4.64. The van der Waals surface area contributed by atoms with Gasteiger partial charge in [-0.2, -0.15) is 5.10 Å². The number of rotatable bonds is 4. The van der Waals surface area contributed by atoms with E-state index in [0.29, 0.717) is 11.6 Å². The number of ether oxygens (including phenoxy) is 1. The van der Waals surface area contributed by atoms with E-state index in [1.54, 1.807) is 7.11 Å². The minimum Gasteiger partial charge on any atom is -0.497 e. The topological polar surface area (TPSA) is 47.4 Å². The van der Waals surface area contributed by atoms with Crippen molar-refractivity contribution >= 4 is 5.91 Å². The van der Waals surface area contributed by atoms with Crippen molar-refractivity contribution in [3.63, 3.8) is 0 Å². The van der Waals surface area contributed by atoms with Crippen LogP contribution < -0.4 is 4.74 Å². The Kier molecular flexibility index (Phi) is 3.56. The van der Waals surface area contributed by atoms with Crippen molar-refractivity contribution in [3.05, 3.63) is 41.7 Å². The van der Waals surface area contributed by atoms with Gasteiger partial charge in [0.2, 0.25) is 0 Å². The first-order valence-corrected chi connectivity index (χ1v) is 8.30. The summed E-state index contributed by atoms with van der Waals surface area (Å²) in [5, 5.41) is 4.63. The first kappa shape index (κ1) is 14.3. The van der Waals surface area contributed by atoms with Gasteiger partial charge in [-0.3, -0.25) is 4.79 Å². The van der Waals surface area contributed by atoms with Crippen LogP contribution in [-0.4, -0.2) is 40.8 Å². The van der Waals surface area contributed by atoms with Crippen LogP contribution in [-0.2, 0) is 0 Å². The van der Waals surface area contributed by atoms with Crippen molar-refractivity contribution in [1.82, 2.24) is 14.7 Å². The maximum Gasteiger partial charge on any atom is 0.274 e. The fourth-order valence-electron chi connectivity index (χ4n) is 3.20. The molecule has 120 valence electrons. The first-order chi connectivity index (χ1) is 11.3. The van der Waals surface area contributed by atoms with Crippen molar-refractivity contribution in [2.24, 2.45) is 0 Å². The van der Waals surface area contributed by atoms with E-state index in [9.17, 15) is 4.79 Å². The second kappa shape index (κ2) is 5.72. The standard InChI is InChI=1S/C18H21N3O2/c1-23-15-6-4-5-14(11-15)21-17(13-7-8-13)12-16(19-21)18(22)20-9-2-3-10-20/h4-6,11-13H,2-3,7-10H2,1H3. The molecule has 1 amide bonds. The van der Waals surface area contributed by atoms with Gasteiger partial charge in [0.1, 0.15) is 5.75 Å². The average Bonchev–Trinajstić information content (AvgIpc) is 3.13. The molecule has 1 saturated heterocycles. The van der Waals surface area contributed by atoms with E-state index < -0.39 is 0 Å². The number of methoxy groups -OCH3 is 1. The van der Waals surface area contributed by atoms with Gasteiger partial charge in [-0.05, 0) is 43.9 Å². The number of nitrogens with zero attached hydrogens (tertiary/aromatic N) is 3. The second-order valence-corrected chi connectivity index (χ2v) is 6.34. The molecule has 0 N–H and O–H groups in total. The van der Waals surface area contributed by atoms with Crippen LogP contribution in [0.5, 0.6) is 5.75 Å². The lowest BCUT2D eigenvalue weighted by Gasteiger charge is -2.12. The molecule has 0 spiro atoms. The minimum absolute atomic E-state index is 0.0612. The highest BCUT2D eigenvalue weighted by atomic mass is 16.5. The predicted octanol–water partition coefficient (Wildman–Crippen LogP) is 2.99. The van der Waals surface area contributed by atoms with Crippen molar-refractivity contribution in [1.29, 1.82) is 0 Å². The van der Waals surface area contributed by atoms with Crippen LogP contribution in [0.4, 0.5) is 0 Å². The van der Waals surface area contributed by atoms with E-state index in [0.717, 1.165) is 43.1 Å². The summed E-state index contributed by atoms with van der Waals surface area (Å²) in [7, 11) is 1.66. The minimum atomic E-state index is 0.0612. The van der Waals surface area contributed by atoms with Gasteiger partial charge in [0.05, 0.1) is 12.8 Å². The van der Waals surface area contributed by atoms with Gasteiger partial charge in [0.25, 0.3) is 5.91 Å². The Labute approximate surface area is 135 Å². The predicted molar refractivity (Wildman–Crippen MR) is 87.2 cm³/mol. The van der Waals surface area contributed by atoms with Crippen LogP contribution in [0.25, 0.3) is 5.69 Å². The molecular weight excluding hydrogens is 290 g/mol. The number of hydrogen-bond donors (Lipinski definition) is 0. The van der Waals surface area contributed by atoms with Crippen molar-refractivity contribution in [2.45, 2.75) is 31.6 Å². The van der Waals surface area contributed by atoms with Crippen molar-refractivity contribution in [2.75, 3.05) is 20.2 Å². The zero-order chi connectivity index (χ0) is 15.8. The van der Waals surface area contributed by atoms with E-state index in [1.807, 2.05) is 39.9 Å². The molecule has 2 aromatic rings. The van der Waals surface area contributed by atoms with Gasteiger partial charge in [0, 0.05) is 30.8 Å². The second-order valence-electron chi connectivity index (χ2n) is 6.34. The number of hydrogen-bond acceptors (Lipinski definition) is 3. The molecule has 5 heteroatoms. The highest BCUT2D eigenvalue weighted by Gasteiger charge is 2.31. The van der Waals surface area contributed by atoms with E-state index >= 15 is 0 Å². The molecule has 1 aliphatic carbocycles. The highest BCUT2D eigenvalue weighted by Crippen LogP contribution is 2.41. The van der Waals surface area contributed by atoms with Gasteiger partial charge >= 0.3 is 0 Å². The molecule has 4 rings (SSSR count). The Morgan fingerprint density at radius 1 is 1.22 bits per heavy atom. The summed E-state index contributed by atoms with van der Waals surface area (Å²) >= 11 is 0. The Bertz CT molecular complexity index is 728. The van der Waals surface area contributed by atoms with E-state index in [4.69, 9.17) is 4.74 Å². The molecule has 0 unspecified atom stereocenters. The molecule has 0 radical (unpaired) electrons. The van der Waals surface area contributed by atoms with Crippen LogP contribution in [0.1, 0.15) is 47.8 Å². The molecule has 23 heavy (non-hydrogen) atoms. The fourth-order valence-corrected chi connectivity index (χ4v) is 3.20. The largest absolute Gasteiger partial charge is 0.497 e. The normalized spacial score (nSPS) is 17.5. The molecule has 1 saturated carbocycles. The SMILES string of the molecule is COc1cccc(-n2nc(C(=O)N3CCCC3)cc2C2CC2)c1. The van der Waals surface area contributed by atoms with Gasteiger partial charge in [-0.25, -0.2) is 4.68 Å². The first-order valence-electron chi connectivity index (χ1n) is 8.30. The molecule has 2 aliphatic rings. The van der Waals surface area contributed by atoms with Gasteiger partial charge < -0.3 is 9.64 Å². The van der Waals surface area contributed by atoms with E-state index in [2.05, 4.69) is 5.10 Å². The quantitative estimate of drug-likeness (QED) is 0.872. The third kappa shape index (κ3) is 2.71. The lowest BCUT2D eigenvalue weighted by Crippen LogP contribution is -2.28. The molecule has 5 nitrogen and oxygen atoms in total. The zero-order valence-corrected chi connectivity index (χ0v) is 13.4. The average molecular weight is 311 g/mol. The molecule has 0 bridgehead atoms. The zero-order valence-electron chi connectivity index (χ0n) is 13.4. The summed E-state index contributed by atoms with van der Waals surface area (Å²) < 4.78 is 7.23. The number of aromatic nitrogens is 2. The van der Waals surface area contributed by atoms with Crippen molar-refractivity contribution in [3.8, 4) is 11.4 Å². The summed E-state index contributed by atoms with van der Waals surface area (Å²) in [6.07, 6.45) is 4.54. The number of carbonyl (C=O) groups excluding carboxylic acids is 1. The molecular formula is C18H21N3O2. The van der Waals surface area contributed by atoms with Crippen LogP contribution in [0.15, 0.2) is 30.3 Å². The van der Waals surface area contributed by atoms with Crippen LogP contribution >= 0.6 is 0 Å². The van der Waals surface area contributed by atoms with Crippen LogP contribution in [0, 0.1) is 0 Å². The lowest BCUT2D eigenvalue weighted by atomic mass is 10.2. The Morgan fingerprint density at radius 2 is 2.00 bits per heavy atom. The number of carbonyl (C=O) groups is 1. The third-order valence-corrected chi connectivity index (χ3v) is 4.64. The van der Waals surface area contributed by atoms with Gasteiger partial charge in [-0.15, -0.1) is 0 Å².